The Morgan fingerprint density at radius 1 is 1.12 bits per heavy atom. The van der Waals surface area contributed by atoms with E-state index in [4.69, 9.17) is 10.7 Å². The quantitative estimate of drug-likeness (QED) is 0.229. The van der Waals surface area contributed by atoms with Crippen LogP contribution in [0.1, 0.15) is 38.6 Å². The Balaban J connectivity index is 1.92. The van der Waals surface area contributed by atoms with Crippen molar-refractivity contribution in [3.8, 4) is 17.2 Å². The Morgan fingerprint density at radius 3 is 2.43 bits per heavy atom. The summed E-state index contributed by atoms with van der Waals surface area (Å²) < 4.78 is 15.5. The van der Waals surface area contributed by atoms with Crippen molar-refractivity contribution in [1.82, 2.24) is 14.9 Å². The number of fused-ring (bicyclic) bond motifs is 1. The normalized spacial score (nSPS) is 13.6. The number of para-hydroxylation sites is 1. The van der Waals surface area contributed by atoms with Crippen LogP contribution in [0.3, 0.4) is 0 Å². The van der Waals surface area contributed by atoms with Crippen molar-refractivity contribution in [3.05, 3.63) is 90.0 Å². The van der Waals surface area contributed by atoms with Gasteiger partial charge in [0.1, 0.15) is 34.9 Å². The number of allylic oxidation sites excluding steroid dienone is 1. The molecule has 4 rings (SSSR count). The van der Waals surface area contributed by atoms with Crippen LogP contribution in [0.2, 0.25) is 0 Å². The van der Waals surface area contributed by atoms with Gasteiger partial charge < -0.3 is 10.6 Å². The second kappa shape index (κ2) is 13.6. The average Bonchev–Trinajstić information content (AvgIpc) is 3.00. The second-order valence-corrected chi connectivity index (χ2v) is 9.52. The minimum Gasteiger partial charge on any atom is -0.348 e. The van der Waals surface area contributed by atoms with Gasteiger partial charge in [0.15, 0.2) is 0 Å². The lowest BCUT2D eigenvalue weighted by molar-refractivity contribution is 0.384. The summed E-state index contributed by atoms with van der Waals surface area (Å²) in [4.78, 5) is 26.1. The Morgan fingerprint density at radius 2 is 1.83 bits per heavy atom. The fourth-order valence-corrected chi connectivity index (χ4v) is 4.89. The molecule has 0 aliphatic carbocycles. The van der Waals surface area contributed by atoms with E-state index in [2.05, 4.69) is 39.3 Å². The van der Waals surface area contributed by atoms with Crippen LogP contribution >= 0.6 is 0 Å². The van der Waals surface area contributed by atoms with Gasteiger partial charge in [0.05, 0.1) is 30.3 Å². The first-order valence-corrected chi connectivity index (χ1v) is 13.7. The molecular formula is C32H34FN9. The lowest BCUT2D eigenvalue weighted by atomic mass is 9.95. The van der Waals surface area contributed by atoms with Gasteiger partial charge in [-0.2, -0.15) is 5.26 Å². The zero-order valence-corrected chi connectivity index (χ0v) is 24.2. The van der Waals surface area contributed by atoms with Crippen molar-refractivity contribution < 1.29 is 4.39 Å². The molecule has 3 aromatic rings. The Labute approximate surface area is 246 Å². The molecular weight excluding hydrogens is 529 g/mol. The second-order valence-electron chi connectivity index (χ2n) is 9.52. The van der Waals surface area contributed by atoms with Crippen LogP contribution in [0.4, 0.5) is 15.8 Å². The molecule has 0 spiro atoms. The molecule has 0 unspecified atom stereocenters. The summed E-state index contributed by atoms with van der Waals surface area (Å²) in [6.07, 6.45) is 4.71. The maximum Gasteiger partial charge on any atom is 0.148 e. The van der Waals surface area contributed by atoms with E-state index in [0.717, 1.165) is 12.1 Å². The number of aryl methyl sites for hydroxylation is 1. The molecule has 10 heteroatoms. The minimum absolute atomic E-state index is 0.0470. The number of nitrogens with two attached hydrogens (primary N) is 1. The fraction of sp³-hybridized carbons (Fsp3) is 0.250. The smallest absolute Gasteiger partial charge is 0.148 e. The van der Waals surface area contributed by atoms with E-state index in [0.29, 0.717) is 64.2 Å². The van der Waals surface area contributed by atoms with Gasteiger partial charge in [-0.15, -0.1) is 0 Å². The summed E-state index contributed by atoms with van der Waals surface area (Å²) >= 11 is 0. The van der Waals surface area contributed by atoms with E-state index in [1.54, 1.807) is 25.4 Å². The molecule has 1 aliphatic rings. The van der Waals surface area contributed by atoms with Gasteiger partial charge in [0, 0.05) is 47.7 Å². The molecule has 214 valence electrons. The number of amidine groups is 1. The third kappa shape index (κ3) is 6.01. The molecule has 1 aliphatic heterocycles. The van der Waals surface area contributed by atoms with Gasteiger partial charge in [-0.3, -0.25) is 9.89 Å². The molecule has 2 N–H and O–H groups in total. The molecule has 0 saturated carbocycles. The summed E-state index contributed by atoms with van der Waals surface area (Å²) in [6, 6.07) is 14.9. The number of halogens is 1. The number of nitriles is 1. The zero-order valence-electron chi connectivity index (χ0n) is 24.2. The monoisotopic (exact) mass is 563 g/mol. The summed E-state index contributed by atoms with van der Waals surface area (Å²) in [7, 11) is 0. The SMILES string of the molecule is C=N/C(=C(C#N)\C(C)=N/CN)N(CCC)CC1=Nc2ccc(F)c(-c3cnc(CC)nc3)c2C(=C)N1c1ccccc1. The number of rotatable bonds is 11. The number of nitrogens with zero attached hydrogens (tertiary/aromatic N) is 8. The summed E-state index contributed by atoms with van der Waals surface area (Å²) in [5.41, 5.74) is 9.72. The van der Waals surface area contributed by atoms with Gasteiger partial charge >= 0.3 is 0 Å². The van der Waals surface area contributed by atoms with Gasteiger partial charge in [-0.05, 0) is 44.3 Å². The lowest BCUT2D eigenvalue weighted by Gasteiger charge is -2.36. The first-order chi connectivity index (χ1) is 20.4. The molecule has 0 radical (unpaired) electrons. The highest BCUT2D eigenvalue weighted by Crippen LogP contribution is 2.43. The van der Waals surface area contributed by atoms with E-state index in [1.165, 1.54) is 6.07 Å². The largest absolute Gasteiger partial charge is 0.348 e. The maximum absolute atomic E-state index is 15.5. The highest BCUT2D eigenvalue weighted by atomic mass is 19.1. The van der Waals surface area contributed by atoms with E-state index in [9.17, 15) is 5.26 Å². The Hall–Kier alpha value is -5.01. The van der Waals surface area contributed by atoms with Crippen LogP contribution in [0.15, 0.2) is 87.8 Å². The van der Waals surface area contributed by atoms with Gasteiger partial charge in [-0.1, -0.05) is 38.6 Å². The molecule has 2 aromatic carbocycles. The minimum atomic E-state index is -0.420. The van der Waals surface area contributed by atoms with Crippen molar-refractivity contribution in [2.75, 3.05) is 24.7 Å². The number of aliphatic imine (C=N–C) groups is 3. The first kappa shape index (κ1) is 30.0. The topological polar surface area (TPSA) is 119 Å². The highest BCUT2D eigenvalue weighted by molar-refractivity contribution is 6.15. The number of anilines is 1. The van der Waals surface area contributed by atoms with Crippen molar-refractivity contribution in [1.29, 1.82) is 5.26 Å². The molecule has 0 fully saturated rings. The molecule has 0 bridgehead atoms. The number of hydrogen-bond acceptors (Lipinski definition) is 9. The summed E-state index contributed by atoms with van der Waals surface area (Å²) in [6.45, 7) is 14.8. The molecule has 9 nitrogen and oxygen atoms in total. The lowest BCUT2D eigenvalue weighted by Crippen LogP contribution is -2.41. The Bertz CT molecular complexity index is 1600. The van der Waals surface area contributed by atoms with E-state index in [1.807, 2.05) is 54.0 Å². The van der Waals surface area contributed by atoms with Gasteiger partial charge in [0.25, 0.3) is 0 Å². The molecule has 2 heterocycles. The van der Waals surface area contributed by atoms with Gasteiger partial charge in [-0.25, -0.2) is 24.3 Å². The van der Waals surface area contributed by atoms with E-state index in [-0.39, 0.29) is 18.8 Å². The van der Waals surface area contributed by atoms with E-state index >= 15 is 4.39 Å². The van der Waals surface area contributed by atoms with Crippen LogP contribution in [0.25, 0.3) is 16.8 Å². The number of aromatic nitrogens is 2. The third-order valence-electron chi connectivity index (χ3n) is 6.82. The number of benzene rings is 2. The molecule has 1 aromatic heterocycles. The third-order valence-corrected chi connectivity index (χ3v) is 6.82. The van der Waals surface area contributed by atoms with Crippen LogP contribution in [-0.2, 0) is 6.42 Å². The van der Waals surface area contributed by atoms with Crippen LogP contribution in [-0.4, -0.2) is 52.9 Å². The van der Waals surface area contributed by atoms with E-state index < -0.39 is 5.82 Å². The Kier molecular flexibility index (Phi) is 9.68. The predicted molar refractivity (Wildman–Crippen MR) is 168 cm³/mol. The van der Waals surface area contributed by atoms with Crippen LogP contribution in [0, 0.1) is 17.1 Å². The summed E-state index contributed by atoms with van der Waals surface area (Å²) in [5, 5.41) is 10.0. The molecule has 42 heavy (non-hydrogen) atoms. The average molecular weight is 564 g/mol. The van der Waals surface area contributed by atoms with Crippen LogP contribution in [0.5, 0.6) is 0 Å². The van der Waals surface area contributed by atoms with Crippen molar-refractivity contribution in [2.45, 2.75) is 33.6 Å². The zero-order chi connectivity index (χ0) is 30.2. The van der Waals surface area contributed by atoms with Crippen molar-refractivity contribution in [2.24, 2.45) is 20.7 Å². The fourth-order valence-electron chi connectivity index (χ4n) is 4.89. The number of hydrogen-bond donors (Lipinski definition) is 1. The molecule has 0 saturated heterocycles. The first-order valence-electron chi connectivity index (χ1n) is 13.7. The predicted octanol–water partition coefficient (Wildman–Crippen LogP) is 5.89. The molecule has 0 atom stereocenters. The van der Waals surface area contributed by atoms with Gasteiger partial charge in [0.2, 0.25) is 0 Å². The summed E-state index contributed by atoms with van der Waals surface area (Å²) in [5.74, 6) is 1.26. The van der Waals surface area contributed by atoms with Crippen molar-refractivity contribution in [3.63, 3.8) is 0 Å². The standard InChI is InChI=1S/C32H34FN9/c1-6-15-41(32(36-5)25(16-34)21(3)39-20-35)19-29-40-27-14-13-26(33)31(23-17-37-28(7-2)38-18-23)30(27)22(4)42(29)24-11-9-8-10-12-24/h8-14,17-18H,4-7,15,19-20,35H2,1-3H3/b32-25+,39-21-. The molecule has 0 amide bonds. The van der Waals surface area contributed by atoms with Crippen molar-refractivity contribution >= 4 is 35.3 Å². The maximum atomic E-state index is 15.5. The highest BCUT2D eigenvalue weighted by Gasteiger charge is 2.31. The van der Waals surface area contributed by atoms with Crippen LogP contribution < -0.4 is 10.6 Å².